The van der Waals surface area contributed by atoms with Gasteiger partial charge < -0.3 is 0 Å². The van der Waals surface area contributed by atoms with E-state index in [0.29, 0.717) is 0 Å². The van der Waals surface area contributed by atoms with Crippen LogP contribution in [0, 0.1) is 0 Å². The highest BCUT2D eigenvalue weighted by atomic mass is 32.1. The van der Waals surface area contributed by atoms with Gasteiger partial charge in [-0.15, -0.1) is 0 Å². The Labute approximate surface area is 57.1 Å². The molecule has 1 radical (unpaired) electrons. The van der Waals surface area contributed by atoms with Crippen molar-refractivity contribution in [3.8, 4) is 0 Å². The molecule has 0 heterocycles. The number of nitrogens with one attached hydrogen (secondary N) is 1. The molecule has 7 heteroatoms. The van der Waals surface area contributed by atoms with Crippen molar-refractivity contribution in [3.63, 3.8) is 0 Å². The molecule has 1 amide bonds. The minimum absolute atomic E-state index is 1.01. The number of carbonyl (C=O) groups is 1. The second-order valence-corrected chi connectivity index (χ2v) is 1.81. The summed E-state index contributed by atoms with van der Waals surface area (Å²) in [5.41, 5.74) is 5.97. The first-order valence-corrected chi connectivity index (χ1v) is 2.63. The molecule has 10 heavy (non-hydrogen) atoms. The van der Waals surface area contributed by atoms with Gasteiger partial charge in [-0.25, -0.2) is 4.21 Å². The van der Waals surface area contributed by atoms with Gasteiger partial charge in [0.05, 0.1) is 0 Å². The van der Waals surface area contributed by atoms with E-state index < -0.39 is 28.2 Å². The van der Waals surface area contributed by atoms with E-state index in [1.807, 2.05) is 0 Å². The third-order valence-electron chi connectivity index (χ3n) is 0.547. The highest BCUT2D eigenvalue weighted by Gasteiger charge is 2.39. The molecule has 0 aliphatic carbocycles. The molecule has 0 rings (SSSR count). The second kappa shape index (κ2) is 2.82. The summed E-state index contributed by atoms with van der Waals surface area (Å²) in [6.45, 7) is 0. The Morgan fingerprint density at radius 2 is 1.80 bits per heavy atom. The minimum Gasteiger partial charge on any atom is -0.266 e. The van der Waals surface area contributed by atoms with E-state index in [-0.39, 0.29) is 0 Å². The van der Waals surface area contributed by atoms with E-state index in [1.165, 1.54) is 0 Å². The fourth-order valence-corrected chi connectivity index (χ4v) is 0.384. The van der Waals surface area contributed by atoms with Gasteiger partial charge in [-0.1, -0.05) is 0 Å². The number of hydrogen-bond acceptors (Lipinski definition) is 2. The largest absolute Gasteiger partial charge is 0.434 e. The van der Waals surface area contributed by atoms with Crippen LogP contribution in [0.25, 0.3) is 0 Å². The van der Waals surface area contributed by atoms with Crippen molar-refractivity contribution in [2.24, 2.45) is 0 Å². The van der Waals surface area contributed by atoms with Gasteiger partial charge in [0.1, 0.15) is 11.3 Å². The number of halogens is 3. The Balaban J connectivity index is 4.74. The fraction of sp³-hybridized carbons (Fsp3) is 0.333. The van der Waals surface area contributed by atoms with Crippen molar-refractivity contribution in [2.45, 2.75) is 6.18 Å². The number of alkyl halides is 3. The monoisotopic (exact) mass is 172 g/mol. The molecule has 0 aromatic rings. The molecular formula is C3HF3NO2S. The van der Waals surface area contributed by atoms with Crippen LogP contribution in [0.3, 0.4) is 0 Å². The van der Waals surface area contributed by atoms with Gasteiger partial charge in [0.2, 0.25) is 4.86 Å². The highest BCUT2D eigenvalue weighted by Crippen LogP contribution is 2.15. The van der Waals surface area contributed by atoms with Crippen LogP contribution in [-0.4, -0.2) is 21.2 Å². The van der Waals surface area contributed by atoms with Gasteiger partial charge in [0, 0.05) is 0 Å². The molecule has 0 aromatic carbocycles. The van der Waals surface area contributed by atoms with Crippen LogP contribution in [0.4, 0.5) is 13.2 Å². The Hall–Kier alpha value is -0.850. The van der Waals surface area contributed by atoms with Gasteiger partial charge in [0.25, 0.3) is 5.91 Å². The summed E-state index contributed by atoms with van der Waals surface area (Å²) in [6, 6.07) is 0. The summed E-state index contributed by atoms with van der Waals surface area (Å²) in [5.74, 6) is -1.99. The lowest BCUT2D eigenvalue weighted by molar-refractivity contribution is -0.116. The first-order valence-electron chi connectivity index (χ1n) is 1.89. The number of rotatable bonds is 1. The Bertz CT molecular complexity index is 204. The molecule has 0 saturated heterocycles. The van der Waals surface area contributed by atoms with Crippen LogP contribution >= 0.6 is 0 Å². The molecule has 0 fully saturated rings. The molecule has 3 nitrogen and oxygen atoms in total. The van der Waals surface area contributed by atoms with Crippen molar-refractivity contribution in [2.75, 3.05) is 0 Å². The smallest absolute Gasteiger partial charge is 0.266 e. The van der Waals surface area contributed by atoms with Crippen LogP contribution in [0.5, 0.6) is 0 Å². The van der Waals surface area contributed by atoms with Crippen LogP contribution in [0.1, 0.15) is 0 Å². The Morgan fingerprint density at radius 1 is 1.40 bits per heavy atom. The van der Waals surface area contributed by atoms with Crippen LogP contribution in [0.2, 0.25) is 0 Å². The molecule has 57 valence electrons. The first kappa shape index (κ1) is 9.15. The zero-order chi connectivity index (χ0) is 8.36. The van der Waals surface area contributed by atoms with Crippen molar-refractivity contribution in [1.82, 2.24) is 5.73 Å². The normalized spacial score (nSPS) is 10.7. The Kier molecular flexibility index (Phi) is 2.58. The zero-order valence-corrected chi connectivity index (χ0v) is 5.18. The van der Waals surface area contributed by atoms with E-state index >= 15 is 0 Å². The summed E-state index contributed by atoms with van der Waals surface area (Å²) in [4.78, 5) is 7.77. The lowest BCUT2D eigenvalue weighted by Crippen LogP contribution is -2.31. The fourth-order valence-electron chi connectivity index (χ4n) is 0.214. The van der Waals surface area contributed by atoms with Crippen LogP contribution in [-0.2, 0) is 16.1 Å². The number of amides is 1. The average Bonchev–Trinajstić information content (AvgIpc) is 1.60. The van der Waals surface area contributed by atoms with Crippen molar-refractivity contribution >= 4 is 22.0 Å². The van der Waals surface area contributed by atoms with Crippen molar-refractivity contribution in [1.29, 1.82) is 0 Å². The maximum atomic E-state index is 11.4. The van der Waals surface area contributed by atoms with Gasteiger partial charge in [-0.3, -0.25) is 10.5 Å². The molecule has 0 atom stereocenters. The molecule has 1 N–H and O–H groups in total. The predicted molar refractivity (Wildman–Crippen MR) is 27.3 cm³/mol. The van der Waals surface area contributed by atoms with E-state index in [0.717, 1.165) is 0 Å². The molecular weight excluding hydrogens is 171 g/mol. The average molecular weight is 172 g/mol. The molecule has 0 saturated carbocycles. The van der Waals surface area contributed by atoms with Gasteiger partial charge >= 0.3 is 6.18 Å². The summed E-state index contributed by atoms with van der Waals surface area (Å²) < 4.78 is 43.7. The van der Waals surface area contributed by atoms with E-state index in [1.54, 1.807) is 0 Å². The molecule has 0 aliphatic rings. The second-order valence-electron chi connectivity index (χ2n) is 1.24. The standard InChI is InChI=1S/C3HF3NO2S/c4-3(5,6)1(10-9)2(7)8/h7H. The number of hydrogen-bond donors (Lipinski definition) is 0. The van der Waals surface area contributed by atoms with Gasteiger partial charge in [-0.2, -0.15) is 13.2 Å². The van der Waals surface area contributed by atoms with Crippen molar-refractivity contribution in [3.05, 3.63) is 0 Å². The van der Waals surface area contributed by atoms with E-state index in [9.17, 15) is 22.2 Å². The van der Waals surface area contributed by atoms with Crippen LogP contribution < -0.4 is 5.73 Å². The lowest BCUT2D eigenvalue weighted by atomic mass is 10.4. The zero-order valence-electron chi connectivity index (χ0n) is 4.36. The SMILES string of the molecule is [NH]C(=O)C(=S=O)C(F)(F)F. The molecule has 0 aliphatic heterocycles. The third-order valence-corrected chi connectivity index (χ3v) is 1.13. The first-order chi connectivity index (χ1) is 4.39. The predicted octanol–water partition coefficient (Wildman–Crippen LogP) is -0.256. The number of carbonyl (C=O) groups excluding carboxylic acids is 1. The topological polar surface area (TPSA) is 57.9 Å². The van der Waals surface area contributed by atoms with Gasteiger partial charge in [0.15, 0.2) is 0 Å². The van der Waals surface area contributed by atoms with Crippen molar-refractivity contribution < 1.29 is 22.2 Å². The molecule has 0 unspecified atom stereocenters. The molecule has 0 spiro atoms. The lowest BCUT2D eigenvalue weighted by Gasteiger charge is -2.00. The summed E-state index contributed by atoms with van der Waals surface area (Å²) in [6.07, 6.45) is -4.98. The molecule has 0 bridgehead atoms. The van der Waals surface area contributed by atoms with E-state index in [4.69, 9.17) is 5.73 Å². The molecule has 0 aromatic heterocycles. The summed E-state index contributed by atoms with van der Waals surface area (Å²) in [5, 5.41) is 0. The summed E-state index contributed by atoms with van der Waals surface area (Å²) >= 11 is -1.01. The third kappa shape index (κ3) is 2.18. The maximum Gasteiger partial charge on any atom is 0.434 e. The quantitative estimate of drug-likeness (QED) is 0.512. The van der Waals surface area contributed by atoms with Crippen LogP contribution in [0.15, 0.2) is 0 Å². The highest BCUT2D eigenvalue weighted by molar-refractivity contribution is 7.68. The Morgan fingerprint density at radius 3 is 1.80 bits per heavy atom. The minimum atomic E-state index is -4.98. The van der Waals surface area contributed by atoms with Gasteiger partial charge in [-0.05, 0) is 0 Å². The van der Waals surface area contributed by atoms with E-state index in [2.05, 4.69) is 0 Å². The summed E-state index contributed by atoms with van der Waals surface area (Å²) in [7, 11) is 0. The maximum absolute atomic E-state index is 11.4.